The quantitative estimate of drug-likeness (QED) is 0.848. The highest BCUT2D eigenvalue weighted by molar-refractivity contribution is 5.82. The van der Waals surface area contributed by atoms with Gasteiger partial charge in [0.1, 0.15) is 0 Å². The summed E-state index contributed by atoms with van der Waals surface area (Å²) in [5.74, 6) is 0.890. The second-order valence-electron chi connectivity index (χ2n) is 5.45. The highest BCUT2D eigenvalue weighted by atomic mass is 16.2. The number of fused-ring (bicyclic) bond motifs is 1. The number of benzene rings is 1. The van der Waals surface area contributed by atoms with Crippen LogP contribution in [0.15, 0.2) is 24.3 Å². The molecule has 1 aliphatic heterocycles. The molecule has 96 valence electrons. The van der Waals surface area contributed by atoms with Gasteiger partial charge in [0.05, 0.1) is 6.04 Å². The fraction of sp³-hybridized carbons (Fsp3) is 0.533. The highest BCUT2D eigenvalue weighted by Crippen LogP contribution is 2.25. The van der Waals surface area contributed by atoms with E-state index in [0.29, 0.717) is 0 Å². The molecular formula is C15H20N2O. The molecule has 1 aromatic rings. The molecule has 2 N–H and O–H groups in total. The van der Waals surface area contributed by atoms with Crippen molar-refractivity contribution >= 4 is 5.91 Å². The predicted octanol–water partition coefficient (Wildman–Crippen LogP) is 1.62. The van der Waals surface area contributed by atoms with Gasteiger partial charge in [0.15, 0.2) is 0 Å². The molecule has 18 heavy (non-hydrogen) atoms. The van der Waals surface area contributed by atoms with E-state index in [2.05, 4.69) is 28.8 Å². The van der Waals surface area contributed by atoms with Gasteiger partial charge in [0.2, 0.25) is 5.91 Å². The van der Waals surface area contributed by atoms with Crippen LogP contribution in [0, 0.1) is 5.92 Å². The molecule has 3 heteroatoms. The van der Waals surface area contributed by atoms with Crippen molar-refractivity contribution in [1.29, 1.82) is 0 Å². The Balaban J connectivity index is 1.56. The minimum Gasteiger partial charge on any atom is -0.354 e. The van der Waals surface area contributed by atoms with E-state index in [1.165, 1.54) is 30.4 Å². The van der Waals surface area contributed by atoms with Crippen molar-refractivity contribution in [1.82, 2.24) is 10.6 Å². The van der Waals surface area contributed by atoms with Crippen LogP contribution in [0.4, 0.5) is 0 Å². The van der Waals surface area contributed by atoms with Gasteiger partial charge in [-0.25, -0.2) is 0 Å². The average molecular weight is 244 g/mol. The second kappa shape index (κ2) is 5.11. The maximum Gasteiger partial charge on any atom is 0.237 e. The molecule has 1 atom stereocenters. The monoisotopic (exact) mass is 244 g/mol. The zero-order valence-electron chi connectivity index (χ0n) is 10.6. The van der Waals surface area contributed by atoms with Crippen LogP contribution in [0.2, 0.25) is 0 Å². The van der Waals surface area contributed by atoms with Crippen LogP contribution < -0.4 is 10.6 Å². The number of nitrogens with one attached hydrogen (secondary N) is 2. The fourth-order valence-corrected chi connectivity index (χ4v) is 2.70. The van der Waals surface area contributed by atoms with Crippen LogP contribution in [-0.2, 0) is 17.8 Å². The van der Waals surface area contributed by atoms with Gasteiger partial charge in [-0.1, -0.05) is 30.7 Å². The van der Waals surface area contributed by atoms with E-state index >= 15 is 0 Å². The summed E-state index contributed by atoms with van der Waals surface area (Å²) < 4.78 is 0. The van der Waals surface area contributed by atoms with Crippen molar-refractivity contribution in [2.45, 2.75) is 38.3 Å². The summed E-state index contributed by atoms with van der Waals surface area (Å²) in [6.45, 7) is 1.66. The van der Waals surface area contributed by atoms with E-state index < -0.39 is 0 Å². The van der Waals surface area contributed by atoms with Crippen LogP contribution in [0.3, 0.4) is 0 Å². The number of hydrogen-bond acceptors (Lipinski definition) is 2. The van der Waals surface area contributed by atoms with Crippen LogP contribution in [0.5, 0.6) is 0 Å². The Kier molecular flexibility index (Phi) is 3.33. The number of carbonyl (C=O) groups excluding carboxylic acids is 1. The van der Waals surface area contributed by atoms with Gasteiger partial charge >= 0.3 is 0 Å². The molecule has 0 bridgehead atoms. The van der Waals surface area contributed by atoms with Crippen molar-refractivity contribution in [3.63, 3.8) is 0 Å². The molecule has 2 aliphatic rings. The molecule has 0 radical (unpaired) electrons. The summed E-state index contributed by atoms with van der Waals surface area (Å²) in [5.41, 5.74) is 2.63. The molecule has 0 spiro atoms. The molecule has 1 heterocycles. The maximum absolute atomic E-state index is 12.1. The van der Waals surface area contributed by atoms with E-state index in [-0.39, 0.29) is 11.9 Å². The summed E-state index contributed by atoms with van der Waals surface area (Å²) >= 11 is 0. The largest absolute Gasteiger partial charge is 0.354 e. The first-order chi connectivity index (χ1) is 8.83. The summed E-state index contributed by atoms with van der Waals surface area (Å²) in [6, 6.07) is 8.30. The first-order valence-electron chi connectivity index (χ1n) is 6.91. The Morgan fingerprint density at radius 3 is 2.78 bits per heavy atom. The first-order valence-corrected chi connectivity index (χ1v) is 6.91. The van der Waals surface area contributed by atoms with Gasteiger partial charge in [-0.3, -0.25) is 4.79 Å². The number of carbonyl (C=O) groups is 1. The van der Waals surface area contributed by atoms with Gasteiger partial charge < -0.3 is 10.6 Å². The van der Waals surface area contributed by atoms with E-state index in [4.69, 9.17) is 0 Å². The van der Waals surface area contributed by atoms with Gasteiger partial charge in [-0.15, -0.1) is 0 Å². The lowest BCUT2D eigenvalue weighted by Gasteiger charge is -2.28. The van der Waals surface area contributed by atoms with Gasteiger partial charge in [-0.05, 0) is 36.3 Å². The number of hydrogen-bond donors (Lipinski definition) is 2. The van der Waals surface area contributed by atoms with Crippen LogP contribution in [-0.4, -0.2) is 18.5 Å². The minimum atomic E-state index is -0.0556. The fourth-order valence-electron chi connectivity index (χ4n) is 2.70. The Labute approximate surface area is 108 Å². The Morgan fingerprint density at radius 1 is 1.28 bits per heavy atom. The lowest BCUT2D eigenvalue weighted by molar-refractivity contribution is -0.123. The number of amides is 1. The SMILES string of the molecule is O=C(NCC1CCC1)[C@H]1Cc2ccccc2CN1. The normalized spacial score (nSPS) is 23.0. The van der Waals surface area contributed by atoms with E-state index in [1.807, 2.05) is 6.07 Å². The van der Waals surface area contributed by atoms with Gasteiger partial charge in [0, 0.05) is 13.1 Å². The zero-order valence-corrected chi connectivity index (χ0v) is 10.6. The van der Waals surface area contributed by atoms with Crippen molar-refractivity contribution in [3.8, 4) is 0 Å². The van der Waals surface area contributed by atoms with Crippen LogP contribution >= 0.6 is 0 Å². The third-order valence-electron chi connectivity index (χ3n) is 4.19. The summed E-state index contributed by atoms with van der Waals surface area (Å²) in [7, 11) is 0. The van der Waals surface area contributed by atoms with Crippen LogP contribution in [0.1, 0.15) is 30.4 Å². The molecule has 1 amide bonds. The Hall–Kier alpha value is -1.35. The Morgan fingerprint density at radius 2 is 2.06 bits per heavy atom. The van der Waals surface area contributed by atoms with E-state index in [1.54, 1.807) is 0 Å². The summed E-state index contributed by atoms with van der Waals surface area (Å²) in [4.78, 5) is 12.1. The average Bonchev–Trinajstić information content (AvgIpc) is 2.36. The molecule has 1 aromatic carbocycles. The molecule has 0 unspecified atom stereocenters. The molecular weight excluding hydrogens is 224 g/mol. The minimum absolute atomic E-state index is 0.0556. The zero-order chi connectivity index (χ0) is 12.4. The van der Waals surface area contributed by atoms with E-state index in [9.17, 15) is 4.79 Å². The van der Waals surface area contributed by atoms with Crippen molar-refractivity contribution < 1.29 is 4.79 Å². The van der Waals surface area contributed by atoms with Gasteiger partial charge in [-0.2, -0.15) is 0 Å². The summed E-state index contributed by atoms with van der Waals surface area (Å²) in [5, 5.41) is 6.41. The molecule has 1 aliphatic carbocycles. The number of rotatable bonds is 3. The smallest absolute Gasteiger partial charge is 0.237 e. The lowest BCUT2D eigenvalue weighted by atomic mass is 9.85. The Bertz CT molecular complexity index is 440. The molecule has 1 fully saturated rings. The van der Waals surface area contributed by atoms with Crippen LogP contribution in [0.25, 0.3) is 0 Å². The van der Waals surface area contributed by atoms with E-state index in [0.717, 1.165) is 25.4 Å². The van der Waals surface area contributed by atoms with Crippen molar-refractivity contribution in [3.05, 3.63) is 35.4 Å². The maximum atomic E-state index is 12.1. The highest BCUT2D eigenvalue weighted by Gasteiger charge is 2.25. The predicted molar refractivity (Wildman–Crippen MR) is 71.1 cm³/mol. The lowest BCUT2D eigenvalue weighted by Crippen LogP contribution is -2.48. The molecule has 1 saturated carbocycles. The second-order valence-corrected chi connectivity index (χ2v) is 5.45. The molecule has 0 saturated heterocycles. The van der Waals surface area contributed by atoms with Crippen molar-refractivity contribution in [2.24, 2.45) is 5.92 Å². The first kappa shape index (κ1) is 11.7. The summed E-state index contributed by atoms with van der Waals surface area (Å²) in [6.07, 6.45) is 4.70. The molecule has 3 nitrogen and oxygen atoms in total. The topological polar surface area (TPSA) is 41.1 Å². The third-order valence-corrected chi connectivity index (χ3v) is 4.19. The van der Waals surface area contributed by atoms with Crippen molar-refractivity contribution in [2.75, 3.05) is 6.54 Å². The third kappa shape index (κ3) is 2.41. The molecule has 3 rings (SSSR count). The van der Waals surface area contributed by atoms with Gasteiger partial charge in [0.25, 0.3) is 0 Å². The molecule has 0 aromatic heterocycles. The standard InChI is InChI=1S/C15H20N2O/c18-15(17-9-11-4-3-5-11)14-8-12-6-1-2-7-13(12)10-16-14/h1-2,6-7,11,14,16H,3-5,8-10H2,(H,17,18)/t14-/m1/s1.